The Bertz CT molecular complexity index is 462. The number of likely N-dealkylation sites (tertiary alicyclic amines) is 1. The molecule has 104 valence electrons. The second-order valence-corrected chi connectivity index (χ2v) is 5.45. The van der Waals surface area contributed by atoms with E-state index in [4.69, 9.17) is 0 Å². The number of rotatable bonds is 3. The van der Waals surface area contributed by atoms with Crippen LogP contribution in [0, 0.1) is 0 Å². The molecule has 1 fully saturated rings. The highest BCUT2D eigenvalue weighted by molar-refractivity contribution is 5.85. The summed E-state index contributed by atoms with van der Waals surface area (Å²) < 4.78 is 0. The third-order valence-corrected chi connectivity index (χ3v) is 4.13. The van der Waals surface area contributed by atoms with Gasteiger partial charge in [-0.1, -0.05) is 17.7 Å². The van der Waals surface area contributed by atoms with Crippen molar-refractivity contribution in [3.63, 3.8) is 0 Å². The molecule has 0 amide bonds. The van der Waals surface area contributed by atoms with Crippen LogP contribution in [0.1, 0.15) is 30.4 Å². The zero-order valence-electron chi connectivity index (χ0n) is 11.6. The lowest BCUT2D eigenvalue weighted by Crippen LogP contribution is -2.22. The first kappa shape index (κ1) is 14.4. The summed E-state index contributed by atoms with van der Waals surface area (Å²) in [5.41, 5.74) is 5.76. The van der Waals surface area contributed by atoms with Gasteiger partial charge in [-0.05, 0) is 62.0 Å². The smallest absolute Gasteiger partial charge is 0.0340 e. The van der Waals surface area contributed by atoms with E-state index in [0.717, 1.165) is 0 Å². The molecule has 2 aliphatic rings. The van der Waals surface area contributed by atoms with Crippen molar-refractivity contribution in [1.82, 2.24) is 4.90 Å². The number of halogens is 1. The number of hydrogen-bond donors (Lipinski definition) is 1. The highest BCUT2D eigenvalue weighted by Gasteiger charge is 2.16. The number of nitrogens with zero attached hydrogens (tertiary/aromatic N) is 1. The summed E-state index contributed by atoms with van der Waals surface area (Å²) in [5.74, 6) is 0. The van der Waals surface area contributed by atoms with Crippen LogP contribution in [0.2, 0.25) is 0 Å². The number of anilines is 1. The minimum atomic E-state index is 0. The van der Waals surface area contributed by atoms with Crippen LogP contribution in [0.5, 0.6) is 0 Å². The van der Waals surface area contributed by atoms with Crippen LogP contribution >= 0.6 is 12.4 Å². The second-order valence-electron chi connectivity index (χ2n) is 5.45. The van der Waals surface area contributed by atoms with Gasteiger partial charge in [0.1, 0.15) is 0 Å². The minimum Gasteiger partial charge on any atom is -0.388 e. The Kier molecular flexibility index (Phi) is 4.89. The van der Waals surface area contributed by atoms with Crippen molar-refractivity contribution < 1.29 is 0 Å². The topological polar surface area (TPSA) is 15.3 Å². The number of hydrogen-bond acceptors (Lipinski definition) is 2. The van der Waals surface area contributed by atoms with E-state index in [1.807, 2.05) is 7.05 Å². The highest BCUT2D eigenvalue weighted by atomic mass is 35.5. The summed E-state index contributed by atoms with van der Waals surface area (Å²) >= 11 is 0. The SMILES string of the molecule is CNc1ccc2c(c1)CCC(CN1CCCC1)=C2.Cl. The standard InChI is InChI=1S/C16H22N2.ClH/c1-17-16-7-6-14-10-13(4-5-15(14)11-16)12-18-8-2-3-9-18;/h6-7,10-11,17H,2-5,8-9,12H2,1H3;1H. The minimum absolute atomic E-state index is 0. The Morgan fingerprint density at radius 1 is 1.16 bits per heavy atom. The summed E-state index contributed by atoms with van der Waals surface area (Å²) in [6.07, 6.45) is 7.61. The fourth-order valence-corrected chi connectivity index (χ4v) is 3.06. The molecule has 0 bridgehead atoms. The van der Waals surface area contributed by atoms with Gasteiger partial charge in [-0.2, -0.15) is 0 Å². The molecule has 0 atom stereocenters. The molecule has 3 heteroatoms. The molecule has 0 aromatic heterocycles. The first-order valence-electron chi connectivity index (χ1n) is 7.07. The quantitative estimate of drug-likeness (QED) is 0.909. The van der Waals surface area contributed by atoms with Crippen molar-refractivity contribution in [2.45, 2.75) is 25.7 Å². The van der Waals surface area contributed by atoms with E-state index in [1.54, 1.807) is 5.57 Å². The van der Waals surface area contributed by atoms with Crippen LogP contribution in [0.3, 0.4) is 0 Å². The summed E-state index contributed by atoms with van der Waals surface area (Å²) in [7, 11) is 1.99. The lowest BCUT2D eigenvalue weighted by Gasteiger charge is -2.22. The van der Waals surface area contributed by atoms with Crippen molar-refractivity contribution in [2.75, 3.05) is 32.0 Å². The Hall–Kier alpha value is -0.990. The summed E-state index contributed by atoms with van der Waals surface area (Å²) in [6.45, 7) is 3.78. The van der Waals surface area contributed by atoms with E-state index in [9.17, 15) is 0 Å². The zero-order chi connectivity index (χ0) is 12.4. The monoisotopic (exact) mass is 278 g/mol. The third-order valence-electron chi connectivity index (χ3n) is 4.13. The molecular weight excluding hydrogens is 256 g/mol. The van der Waals surface area contributed by atoms with Crippen LogP contribution in [-0.2, 0) is 6.42 Å². The van der Waals surface area contributed by atoms with Crippen LogP contribution in [-0.4, -0.2) is 31.6 Å². The number of benzene rings is 1. The van der Waals surface area contributed by atoms with Gasteiger partial charge in [-0.25, -0.2) is 0 Å². The van der Waals surface area contributed by atoms with E-state index >= 15 is 0 Å². The molecule has 1 aromatic rings. The maximum atomic E-state index is 3.22. The molecule has 19 heavy (non-hydrogen) atoms. The summed E-state index contributed by atoms with van der Waals surface area (Å²) in [4.78, 5) is 2.60. The number of nitrogens with one attached hydrogen (secondary N) is 1. The molecule has 1 N–H and O–H groups in total. The zero-order valence-corrected chi connectivity index (χ0v) is 12.4. The fourth-order valence-electron chi connectivity index (χ4n) is 3.06. The molecule has 1 aliphatic carbocycles. The van der Waals surface area contributed by atoms with Gasteiger partial charge >= 0.3 is 0 Å². The fraction of sp³-hybridized carbons (Fsp3) is 0.500. The van der Waals surface area contributed by atoms with Crippen molar-refractivity contribution in [2.24, 2.45) is 0 Å². The Morgan fingerprint density at radius 3 is 2.68 bits per heavy atom. The number of aryl methyl sites for hydroxylation is 1. The highest BCUT2D eigenvalue weighted by Crippen LogP contribution is 2.27. The van der Waals surface area contributed by atoms with Crippen molar-refractivity contribution in [1.29, 1.82) is 0 Å². The van der Waals surface area contributed by atoms with Gasteiger partial charge in [0.2, 0.25) is 0 Å². The Morgan fingerprint density at radius 2 is 1.95 bits per heavy atom. The molecule has 0 unspecified atom stereocenters. The molecule has 3 rings (SSSR count). The van der Waals surface area contributed by atoms with Gasteiger partial charge in [0.15, 0.2) is 0 Å². The maximum absolute atomic E-state index is 3.22. The second kappa shape index (κ2) is 6.44. The largest absolute Gasteiger partial charge is 0.388 e. The van der Waals surface area contributed by atoms with Crippen LogP contribution < -0.4 is 5.32 Å². The maximum Gasteiger partial charge on any atom is 0.0340 e. The van der Waals surface area contributed by atoms with Crippen LogP contribution in [0.4, 0.5) is 5.69 Å². The summed E-state index contributed by atoms with van der Waals surface area (Å²) in [5, 5.41) is 3.22. The van der Waals surface area contributed by atoms with Crippen LogP contribution in [0.25, 0.3) is 6.08 Å². The molecule has 2 nitrogen and oxygen atoms in total. The third kappa shape index (κ3) is 3.31. The van der Waals surface area contributed by atoms with E-state index in [1.165, 1.54) is 62.1 Å². The molecule has 0 radical (unpaired) electrons. The van der Waals surface area contributed by atoms with Crippen molar-refractivity contribution in [3.8, 4) is 0 Å². The molecule has 0 saturated carbocycles. The molecule has 0 spiro atoms. The molecule has 1 aromatic carbocycles. The van der Waals surface area contributed by atoms with E-state index < -0.39 is 0 Å². The predicted octanol–water partition coefficient (Wildman–Crippen LogP) is 3.58. The molecule has 1 aliphatic heterocycles. The average Bonchev–Trinajstić information content (AvgIpc) is 2.91. The normalized spacial score (nSPS) is 18.5. The molecule has 1 heterocycles. The van der Waals surface area contributed by atoms with Gasteiger partial charge < -0.3 is 5.32 Å². The van der Waals surface area contributed by atoms with Crippen LogP contribution in [0.15, 0.2) is 23.8 Å². The molecule has 1 saturated heterocycles. The molecular formula is C16H23ClN2. The number of fused-ring (bicyclic) bond motifs is 1. The average molecular weight is 279 g/mol. The first-order valence-corrected chi connectivity index (χ1v) is 7.07. The van der Waals surface area contributed by atoms with Gasteiger partial charge in [0.05, 0.1) is 0 Å². The van der Waals surface area contributed by atoms with Crippen molar-refractivity contribution in [3.05, 3.63) is 34.9 Å². The Balaban J connectivity index is 0.00000133. The van der Waals surface area contributed by atoms with Gasteiger partial charge in [0, 0.05) is 19.3 Å². The Labute approximate surface area is 122 Å². The van der Waals surface area contributed by atoms with Crippen molar-refractivity contribution >= 4 is 24.2 Å². The van der Waals surface area contributed by atoms with Gasteiger partial charge in [-0.3, -0.25) is 4.90 Å². The van der Waals surface area contributed by atoms with E-state index in [-0.39, 0.29) is 12.4 Å². The van der Waals surface area contributed by atoms with E-state index in [0.29, 0.717) is 0 Å². The lowest BCUT2D eigenvalue weighted by atomic mass is 9.91. The first-order chi connectivity index (χ1) is 8.85. The summed E-state index contributed by atoms with van der Waals surface area (Å²) in [6, 6.07) is 6.72. The van der Waals surface area contributed by atoms with Gasteiger partial charge in [0.25, 0.3) is 0 Å². The van der Waals surface area contributed by atoms with Gasteiger partial charge in [-0.15, -0.1) is 12.4 Å². The lowest BCUT2D eigenvalue weighted by molar-refractivity contribution is 0.365. The van der Waals surface area contributed by atoms with E-state index in [2.05, 4.69) is 34.5 Å². The predicted molar refractivity (Wildman–Crippen MR) is 85.2 cm³/mol.